The van der Waals surface area contributed by atoms with Gasteiger partial charge in [-0.05, 0) is 12.1 Å². The summed E-state index contributed by atoms with van der Waals surface area (Å²) < 4.78 is 1.68. The summed E-state index contributed by atoms with van der Waals surface area (Å²) in [4.78, 5) is 14.6. The number of imidazole rings is 1. The molecule has 0 fully saturated rings. The minimum atomic E-state index is -1.01. The Hall–Kier alpha value is -2.04. The molecule has 5 heteroatoms. The average Bonchev–Trinajstić information content (AvgIpc) is 2.59. The van der Waals surface area contributed by atoms with Crippen molar-refractivity contribution < 1.29 is 9.90 Å². The van der Waals surface area contributed by atoms with Gasteiger partial charge in [-0.3, -0.25) is 0 Å². The topological polar surface area (TPSA) is 66.6 Å². The Kier molecular flexibility index (Phi) is 1.85. The molecule has 2 N–H and O–H groups in total. The Balaban J connectivity index is 2.60. The number of aromatic carboxylic acids is 1. The number of carboxylic acid groups (broad SMARTS) is 1. The molecule has 5 nitrogen and oxygen atoms in total. The van der Waals surface area contributed by atoms with Crippen LogP contribution >= 0.6 is 0 Å². The predicted molar refractivity (Wildman–Crippen MR) is 51.7 cm³/mol. The van der Waals surface area contributed by atoms with Crippen molar-refractivity contribution in [3.63, 3.8) is 0 Å². The van der Waals surface area contributed by atoms with E-state index in [2.05, 4.69) is 10.3 Å². The van der Waals surface area contributed by atoms with Gasteiger partial charge in [0.2, 0.25) is 0 Å². The van der Waals surface area contributed by atoms with Crippen LogP contribution in [0.5, 0.6) is 0 Å². The normalized spacial score (nSPS) is 10.4. The van der Waals surface area contributed by atoms with Gasteiger partial charge in [-0.1, -0.05) is 0 Å². The molecule has 72 valence electrons. The summed E-state index contributed by atoms with van der Waals surface area (Å²) in [6, 6.07) is 3.60. The van der Waals surface area contributed by atoms with Gasteiger partial charge in [0, 0.05) is 19.4 Å². The van der Waals surface area contributed by atoms with Gasteiger partial charge in [0.05, 0.1) is 5.69 Å². The number of anilines is 1. The molecule has 0 amide bonds. The van der Waals surface area contributed by atoms with Crippen LogP contribution in [0.15, 0.2) is 24.5 Å². The Morgan fingerprint density at radius 1 is 1.50 bits per heavy atom. The van der Waals surface area contributed by atoms with Gasteiger partial charge >= 0.3 is 5.97 Å². The predicted octanol–water partition coefficient (Wildman–Crippen LogP) is 1.07. The van der Waals surface area contributed by atoms with E-state index < -0.39 is 5.97 Å². The lowest BCUT2D eigenvalue weighted by molar-refractivity contribution is 0.0691. The van der Waals surface area contributed by atoms with Crippen molar-refractivity contribution in [1.82, 2.24) is 9.38 Å². The zero-order chi connectivity index (χ0) is 10.1. The molecule has 0 atom stereocenters. The van der Waals surface area contributed by atoms with Crippen LogP contribution in [-0.4, -0.2) is 27.5 Å². The lowest BCUT2D eigenvalue weighted by Crippen LogP contribution is -1.94. The summed E-state index contributed by atoms with van der Waals surface area (Å²) in [5.74, 6) is -1.01. The highest BCUT2D eigenvalue weighted by molar-refractivity contribution is 5.86. The molecule has 0 spiro atoms. The monoisotopic (exact) mass is 191 g/mol. The lowest BCUT2D eigenvalue weighted by Gasteiger charge is -1.99. The van der Waals surface area contributed by atoms with Crippen LogP contribution in [0.2, 0.25) is 0 Å². The molecule has 0 bridgehead atoms. The summed E-state index contributed by atoms with van der Waals surface area (Å²) in [6.45, 7) is 0. The summed E-state index contributed by atoms with van der Waals surface area (Å²) in [5, 5.41) is 11.7. The van der Waals surface area contributed by atoms with Crippen molar-refractivity contribution in [2.24, 2.45) is 0 Å². The van der Waals surface area contributed by atoms with Gasteiger partial charge < -0.3 is 14.8 Å². The van der Waals surface area contributed by atoms with Crippen molar-refractivity contribution in [3.05, 3.63) is 30.2 Å². The van der Waals surface area contributed by atoms with Gasteiger partial charge in [0.1, 0.15) is 5.65 Å². The fourth-order valence-corrected chi connectivity index (χ4v) is 1.24. The van der Waals surface area contributed by atoms with Crippen LogP contribution in [0.3, 0.4) is 0 Å². The smallest absolute Gasteiger partial charge is 0.356 e. The Morgan fingerprint density at radius 2 is 2.29 bits per heavy atom. The molecule has 0 saturated heterocycles. The van der Waals surface area contributed by atoms with Crippen LogP contribution < -0.4 is 5.32 Å². The van der Waals surface area contributed by atoms with E-state index in [1.807, 2.05) is 6.07 Å². The Morgan fingerprint density at radius 3 is 2.93 bits per heavy atom. The van der Waals surface area contributed by atoms with Crippen LogP contribution in [-0.2, 0) is 0 Å². The number of carboxylic acids is 1. The van der Waals surface area contributed by atoms with Crippen molar-refractivity contribution in [1.29, 1.82) is 0 Å². The quantitative estimate of drug-likeness (QED) is 0.745. The summed E-state index contributed by atoms with van der Waals surface area (Å²) in [7, 11) is 1.80. The van der Waals surface area contributed by atoms with Gasteiger partial charge in [0.25, 0.3) is 0 Å². The zero-order valence-electron chi connectivity index (χ0n) is 7.56. The van der Waals surface area contributed by atoms with E-state index in [1.165, 1.54) is 6.20 Å². The number of nitrogens with one attached hydrogen (secondary N) is 1. The number of nitrogens with zero attached hydrogens (tertiary/aromatic N) is 2. The van der Waals surface area contributed by atoms with Gasteiger partial charge in [0.15, 0.2) is 5.69 Å². The standard InChI is InChI=1S/C9H9N3O2/c1-10-6-2-3-8-11-7(9(13)14)5-12(8)4-6/h2-5,10H,1H3,(H,13,14). The first-order chi connectivity index (χ1) is 6.70. The summed E-state index contributed by atoms with van der Waals surface area (Å²) in [5.41, 5.74) is 1.59. The van der Waals surface area contributed by atoms with Crippen molar-refractivity contribution in [3.8, 4) is 0 Å². The fourth-order valence-electron chi connectivity index (χ4n) is 1.24. The van der Waals surface area contributed by atoms with Gasteiger partial charge in [-0.25, -0.2) is 9.78 Å². The first kappa shape index (κ1) is 8.55. The number of hydrogen-bond donors (Lipinski definition) is 2. The largest absolute Gasteiger partial charge is 0.476 e. The number of fused-ring (bicyclic) bond motifs is 1. The van der Waals surface area contributed by atoms with Gasteiger partial charge in [-0.15, -0.1) is 0 Å². The molecule has 2 aromatic rings. The first-order valence-corrected chi connectivity index (χ1v) is 4.10. The van der Waals surface area contributed by atoms with E-state index in [9.17, 15) is 4.79 Å². The maximum Gasteiger partial charge on any atom is 0.356 e. The third-order valence-corrected chi connectivity index (χ3v) is 1.96. The van der Waals surface area contributed by atoms with Gasteiger partial charge in [-0.2, -0.15) is 0 Å². The second-order valence-electron chi connectivity index (χ2n) is 2.86. The molecular weight excluding hydrogens is 182 g/mol. The van der Waals surface area contributed by atoms with E-state index in [1.54, 1.807) is 23.7 Å². The average molecular weight is 191 g/mol. The molecule has 0 unspecified atom stereocenters. The number of rotatable bonds is 2. The number of hydrogen-bond acceptors (Lipinski definition) is 3. The molecule has 0 aliphatic rings. The van der Waals surface area contributed by atoms with E-state index in [0.717, 1.165) is 5.69 Å². The second kappa shape index (κ2) is 3.02. The molecule has 0 aliphatic heterocycles. The highest BCUT2D eigenvalue weighted by Gasteiger charge is 2.07. The summed E-state index contributed by atoms with van der Waals surface area (Å²) >= 11 is 0. The second-order valence-corrected chi connectivity index (χ2v) is 2.86. The third kappa shape index (κ3) is 1.28. The molecule has 2 rings (SSSR count). The molecule has 0 radical (unpaired) electrons. The minimum absolute atomic E-state index is 0.0539. The van der Waals surface area contributed by atoms with E-state index in [0.29, 0.717) is 5.65 Å². The Bertz CT molecular complexity index is 490. The van der Waals surface area contributed by atoms with E-state index in [4.69, 9.17) is 5.11 Å². The number of aromatic nitrogens is 2. The minimum Gasteiger partial charge on any atom is -0.476 e. The number of pyridine rings is 1. The van der Waals surface area contributed by atoms with Crippen molar-refractivity contribution >= 4 is 17.3 Å². The van der Waals surface area contributed by atoms with Crippen LogP contribution in [0.1, 0.15) is 10.5 Å². The molecule has 0 aromatic carbocycles. The third-order valence-electron chi connectivity index (χ3n) is 1.96. The highest BCUT2D eigenvalue weighted by Crippen LogP contribution is 2.10. The van der Waals surface area contributed by atoms with Crippen LogP contribution in [0.4, 0.5) is 5.69 Å². The van der Waals surface area contributed by atoms with Crippen LogP contribution in [0, 0.1) is 0 Å². The molecule has 2 heterocycles. The molecule has 14 heavy (non-hydrogen) atoms. The van der Waals surface area contributed by atoms with Crippen LogP contribution in [0.25, 0.3) is 5.65 Å². The number of carbonyl (C=O) groups is 1. The SMILES string of the molecule is CNc1ccc2nc(C(=O)O)cn2c1. The van der Waals surface area contributed by atoms with E-state index in [-0.39, 0.29) is 5.69 Å². The summed E-state index contributed by atoms with van der Waals surface area (Å²) in [6.07, 6.45) is 3.27. The first-order valence-electron chi connectivity index (χ1n) is 4.10. The van der Waals surface area contributed by atoms with Crippen molar-refractivity contribution in [2.45, 2.75) is 0 Å². The Labute approximate surface area is 80.0 Å². The molecule has 2 aromatic heterocycles. The molecular formula is C9H9N3O2. The lowest BCUT2D eigenvalue weighted by atomic mass is 10.4. The zero-order valence-corrected chi connectivity index (χ0v) is 7.56. The van der Waals surface area contributed by atoms with Crippen molar-refractivity contribution in [2.75, 3.05) is 12.4 Å². The maximum absolute atomic E-state index is 10.6. The van der Waals surface area contributed by atoms with E-state index >= 15 is 0 Å². The fraction of sp³-hybridized carbons (Fsp3) is 0.111. The highest BCUT2D eigenvalue weighted by atomic mass is 16.4. The maximum atomic E-state index is 10.6. The molecule has 0 aliphatic carbocycles. The molecule has 0 saturated carbocycles.